The predicted octanol–water partition coefficient (Wildman–Crippen LogP) is 5.18. The number of rotatable bonds is 5. The van der Waals surface area contributed by atoms with Crippen molar-refractivity contribution >= 4 is 28.6 Å². The maximum atomic E-state index is 6.28. The van der Waals surface area contributed by atoms with Crippen molar-refractivity contribution in [2.24, 2.45) is 5.92 Å². The van der Waals surface area contributed by atoms with E-state index in [-0.39, 0.29) is 5.28 Å². The molecule has 158 valence electrons. The molecule has 1 aromatic carbocycles. The summed E-state index contributed by atoms with van der Waals surface area (Å²) in [5, 5.41) is 2.53. The molecule has 1 N–H and O–H groups in total. The van der Waals surface area contributed by atoms with E-state index in [2.05, 4.69) is 61.1 Å². The summed E-state index contributed by atoms with van der Waals surface area (Å²) in [5.74, 6) is 1.44. The van der Waals surface area contributed by atoms with E-state index >= 15 is 0 Å². The van der Waals surface area contributed by atoms with Crippen LogP contribution in [0, 0.1) is 12.8 Å². The molecule has 0 atom stereocenters. The van der Waals surface area contributed by atoms with E-state index < -0.39 is 0 Å². The van der Waals surface area contributed by atoms with E-state index in [9.17, 15) is 0 Å². The van der Waals surface area contributed by atoms with Gasteiger partial charge in [0.15, 0.2) is 17.0 Å². The molecule has 1 saturated carbocycles. The molecule has 7 heteroatoms. The van der Waals surface area contributed by atoms with Crippen LogP contribution in [0.3, 0.4) is 0 Å². The van der Waals surface area contributed by atoms with Gasteiger partial charge in [-0.1, -0.05) is 42.7 Å². The Morgan fingerprint density at radius 3 is 2.67 bits per heavy atom. The lowest BCUT2D eigenvalue weighted by Gasteiger charge is -2.32. The first-order valence-corrected chi connectivity index (χ1v) is 11.5. The van der Waals surface area contributed by atoms with Crippen molar-refractivity contribution in [2.45, 2.75) is 57.9 Å². The number of hydrogen-bond donors (Lipinski definition) is 1. The number of benzene rings is 1. The Hall–Kier alpha value is -2.18. The van der Waals surface area contributed by atoms with Crippen molar-refractivity contribution in [1.82, 2.24) is 24.5 Å². The van der Waals surface area contributed by atoms with E-state index in [0.717, 1.165) is 42.4 Å². The number of nitrogens with one attached hydrogen (secondary N) is 1. The van der Waals surface area contributed by atoms with Gasteiger partial charge in [-0.3, -0.25) is 0 Å². The number of aryl methyl sites for hydroxylation is 1. The molecule has 5 rings (SSSR count). The summed E-state index contributed by atoms with van der Waals surface area (Å²) in [6, 6.07) is 9.36. The number of piperidine rings is 1. The fourth-order valence-corrected chi connectivity index (χ4v) is 5.15. The van der Waals surface area contributed by atoms with Gasteiger partial charge in [-0.05, 0) is 62.1 Å². The highest BCUT2D eigenvalue weighted by atomic mass is 35.5. The van der Waals surface area contributed by atoms with Gasteiger partial charge in [0.1, 0.15) is 0 Å². The molecule has 0 spiro atoms. The van der Waals surface area contributed by atoms with Gasteiger partial charge >= 0.3 is 0 Å². The molecule has 3 heterocycles. The van der Waals surface area contributed by atoms with Gasteiger partial charge < -0.3 is 9.99 Å². The van der Waals surface area contributed by atoms with Crippen LogP contribution in [-0.4, -0.2) is 37.6 Å². The Morgan fingerprint density at radius 1 is 1.10 bits per heavy atom. The number of imidazole rings is 1. The number of fused-ring (bicyclic) bond motifs is 1. The van der Waals surface area contributed by atoms with Gasteiger partial charge in [0.2, 0.25) is 5.28 Å². The lowest BCUT2D eigenvalue weighted by atomic mass is 9.90. The highest BCUT2D eigenvalue weighted by Gasteiger charge is 2.24. The SMILES string of the molecule is Cc1cccc(CC2CCN(Nc3nc(Cl)nc4c3ncn4C3CCCC3)CC2)c1. The molecular formula is C23H29ClN6. The molecule has 0 bridgehead atoms. The van der Waals surface area contributed by atoms with Crippen LogP contribution < -0.4 is 5.43 Å². The van der Waals surface area contributed by atoms with Gasteiger partial charge in [-0.25, -0.2) is 9.99 Å². The van der Waals surface area contributed by atoms with E-state index in [1.54, 1.807) is 0 Å². The lowest BCUT2D eigenvalue weighted by molar-refractivity contribution is 0.216. The molecule has 0 amide bonds. The van der Waals surface area contributed by atoms with Gasteiger partial charge in [-0.15, -0.1) is 0 Å². The zero-order chi connectivity index (χ0) is 20.5. The van der Waals surface area contributed by atoms with E-state index in [0.29, 0.717) is 6.04 Å². The summed E-state index contributed by atoms with van der Waals surface area (Å²) in [7, 11) is 0. The molecule has 3 aromatic rings. The summed E-state index contributed by atoms with van der Waals surface area (Å²) in [6.45, 7) is 4.14. The quantitative estimate of drug-likeness (QED) is 0.571. The Morgan fingerprint density at radius 2 is 1.90 bits per heavy atom. The number of aromatic nitrogens is 4. The predicted molar refractivity (Wildman–Crippen MR) is 121 cm³/mol. The topological polar surface area (TPSA) is 58.9 Å². The monoisotopic (exact) mass is 424 g/mol. The minimum absolute atomic E-state index is 0.277. The fraction of sp³-hybridized carbons (Fsp3) is 0.522. The van der Waals surface area contributed by atoms with Crippen LogP contribution in [0.4, 0.5) is 5.82 Å². The van der Waals surface area contributed by atoms with Crippen molar-refractivity contribution in [2.75, 3.05) is 18.5 Å². The van der Waals surface area contributed by atoms with Gasteiger partial charge in [0.25, 0.3) is 0 Å². The Balaban J connectivity index is 1.26. The number of nitrogens with zero attached hydrogens (tertiary/aromatic N) is 5. The third-order valence-electron chi connectivity index (χ3n) is 6.60. The summed E-state index contributed by atoms with van der Waals surface area (Å²) < 4.78 is 2.19. The van der Waals surface area contributed by atoms with Crippen LogP contribution in [-0.2, 0) is 6.42 Å². The van der Waals surface area contributed by atoms with Crippen molar-refractivity contribution in [3.63, 3.8) is 0 Å². The highest BCUT2D eigenvalue weighted by molar-refractivity contribution is 6.28. The third kappa shape index (κ3) is 4.16. The molecule has 1 saturated heterocycles. The van der Waals surface area contributed by atoms with E-state index in [1.165, 1.54) is 49.7 Å². The van der Waals surface area contributed by atoms with Gasteiger partial charge in [0.05, 0.1) is 6.33 Å². The standard InChI is InChI=1S/C23H29ClN6/c1-16-5-4-6-18(13-16)14-17-9-11-29(12-10-17)28-21-20-22(27-23(24)26-21)30(15-25-20)19-7-2-3-8-19/h4-6,13,15,17,19H,2-3,7-12,14H2,1H3,(H,26,27,28). The van der Waals surface area contributed by atoms with Crippen LogP contribution in [0.25, 0.3) is 11.2 Å². The molecule has 30 heavy (non-hydrogen) atoms. The van der Waals surface area contributed by atoms with Crippen molar-refractivity contribution < 1.29 is 0 Å². The van der Waals surface area contributed by atoms with Crippen molar-refractivity contribution in [1.29, 1.82) is 0 Å². The first kappa shape index (κ1) is 19.8. The maximum Gasteiger partial charge on any atom is 0.226 e. The summed E-state index contributed by atoms with van der Waals surface area (Å²) in [5.41, 5.74) is 7.93. The lowest BCUT2D eigenvalue weighted by Crippen LogP contribution is -2.38. The second-order valence-corrected chi connectivity index (χ2v) is 9.18. The maximum absolute atomic E-state index is 6.28. The number of halogens is 1. The minimum Gasteiger partial charge on any atom is -0.312 e. The number of hydrogen-bond acceptors (Lipinski definition) is 5. The smallest absolute Gasteiger partial charge is 0.226 e. The second-order valence-electron chi connectivity index (χ2n) is 8.84. The Bertz CT molecular complexity index is 1020. The first-order chi connectivity index (χ1) is 14.7. The minimum atomic E-state index is 0.277. The van der Waals surface area contributed by atoms with Crippen LogP contribution >= 0.6 is 11.6 Å². The molecular weight excluding hydrogens is 396 g/mol. The normalized spacial score (nSPS) is 19.0. The highest BCUT2D eigenvalue weighted by Crippen LogP contribution is 2.33. The fourth-order valence-electron chi connectivity index (χ4n) is 4.99. The number of anilines is 1. The van der Waals surface area contributed by atoms with Crippen LogP contribution in [0.15, 0.2) is 30.6 Å². The second kappa shape index (κ2) is 8.52. The van der Waals surface area contributed by atoms with Gasteiger partial charge in [0, 0.05) is 19.1 Å². The third-order valence-corrected chi connectivity index (χ3v) is 6.77. The molecule has 1 aliphatic carbocycles. The van der Waals surface area contributed by atoms with E-state index in [1.807, 2.05) is 6.33 Å². The largest absolute Gasteiger partial charge is 0.312 e. The Kier molecular flexibility index (Phi) is 5.61. The average molecular weight is 425 g/mol. The summed E-state index contributed by atoms with van der Waals surface area (Å²) >= 11 is 6.28. The average Bonchev–Trinajstić information content (AvgIpc) is 3.39. The molecule has 2 aromatic heterocycles. The molecule has 0 unspecified atom stereocenters. The molecule has 1 aliphatic heterocycles. The summed E-state index contributed by atoms with van der Waals surface area (Å²) in [4.78, 5) is 13.6. The van der Waals surface area contributed by atoms with Crippen molar-refractivity contribution in [3.05, 3.63) is 47.0 Å². The van der Waals surface area contributed by atoms with Crippen molar-refractivity contribution in [3.8, 4) is 0 Å². The molecule has 0 radical (unpaired) electrons. The summed E-state index contributed by atoms with van der Waals surface area (Å²) in [6.07, 6.45) is 10.3. The zero-order valence-corrected chi connectivity index (χ0v) is 18.3. The Labute approximate surface area is 182 Å². The van der Waals surface area contributed by atoms with E-state index in [4.69, 9.17) is 11.6 Å². The molecule has 2 aliphatic rings. The number of hydrazine groups is 1. The van der Waals surface area contributed by atoms with Crippen LogP contribution in [0.5, 0.6) is 0 Å². The first-order valence-electron chi connectivity index (χ1n) is 11.1. The zero-order valence-electron chi connectivity index (χ0n) is 17.5. The molecule has 6 nitrogen and oxygen atoms in total. The van der Waals surface area contributed by atoms with Crippen LogP contribution in [0.1, 0.15) is 55.7 Å². The molecule has 2 fully saturated rings. The van der Waals surface area contributed by atoms with Gasteiger partial charge in [-0.2, -0.15) is 9.97 Å². The van der Waals surface area contributed by atoms with Crippen LogP contribution in [0.2, 0.25) is 5.28 Å².